The molecular weight excluding hydrogens is 284 g/mol. The number of hydrogen-bond donors (Lipinski definition) is 2. The van der Waals surface area contributed by atoms with Crippen LogP contribution in [-0.2, 0) is 11.3 Å². The third-order valence-corrected chi connectivity index (χ3v) is 5.00. The van der Waals surface area contributed by atoms with Crippen molar-refractivity contribution in [2.45, 2.75) is 38.4 Å². The Morgan fingerprint density at radius 3 is 2.89 bits per heavy atom. The first kappa shape index (κ1) is 14.8. The largest absolute Gasteiger partial charge is 0.480 e. The summed E-state index contributed by atoms with van der Waals surface area (Å²) in [7, 11) is 0. The van der Waals surface area contributed by atoms with Crippen molar-refractivity contribution in [3.63, 3.8) is 0 Å². The Hall–Kier alpha value is -0.620. The van der Waals surface area contributed by atoms with E-state index in [2.05, 4.69) is 5.32 Å². The Labute approximate surface area is 122 Å². The molecule has 4 nitrogen and oxygen atoms in total. The highest BCUT2D eigenvalue weighted by atomic mass is 35.5. The highest BCUT2D eigenvalue weighted by molar-refractivity contribution is 7.10. The van der Waals surface area contributed by atoms with Crippen LogP contribution in [0.5, 0.6) is 0 Å². The molecule has 1 aromatic rings. The topological polar surface area (TPSA) is 52.6 Å². The maximum absolute atomic E-state index is 10.7. The zero-order valence-electron chi connectivity index (χ0n) is 10.9. The Balaban J connectivity index is 1.71. The average molecular weight is 303 g/mol. The molecule has 0 atom stereocenters. The van der Waals surface area contributed by atoms with Gasteiger partial charge in [-0.05, 0) is 30.8 Å². The highest BCUT2D eigenvalue weighted by Crippen LogP contribution is 2.27. The van der Waals surface area contributed by atoms with E-state index < -0.39 is 5.97 Å². The van der Waals surface area contributed by atoms with Crippen molar-refractivity contribution in [2.75, 3.05) is 13.1 Å². The summed E-state index contributed by atoms with van der Waals surface area (Å²) in [5, 5.41) is 15.1. The van der Waals surface area contributed by atoms with Crippen LogP contribution in [0.2, 0.25) is 5.02 Å². The number of hydrogen-bond acceptors (Lipinski definition) is 4. The van der Waals surface area contributed by atoms with Gasteiger partial charge in [-0.25, -0.2) is 0 Å². The maximum atomic E-state index is 10.7. The number of halogens is 1. The fourth-order valence-corrected chi connectivity index (χ4v) is 3.47. The van der Waals surface area contributed by atoms with Gasteiger partial charge in [0.25, 0.3) is 0 Å². The van der Waals surface area contributed by atoms with Gasteiger partial charge in [0, 0.05) is 23.5 Å². The third kappa shape index (κ3) is 3.92. The number of nitrogens with one attached hydrogen (secondary N) is 1. The van der Waals surface area contributed by atoms with Crippen LogP contribution in [0.4, 0.5) is 0 Å². The lowest BCUT2D eigenvalue weighted by Crippen LogP contribution is -2.53. The van der Waals surface area contributed by atoms with Gasteiger partial charge in [0.1, 0.15) is 0 Å². The Kier molecular flexibility index (Phi) is 5.21. The minimum absolute atomic E-state index is 0.143. The van der Waals surface area contributed by atoms with Gasteiger partial charge in [-0.2, -0.15) is 0 Å². The van der Waals surface area contributed by atoms with Crippen LogP contribution in [0.25, 0.3) is 0 Å². The summed E-state index contributed by atoms with van der Waals surface area (Å²) < 4.78 is 0. The zero-order chi connectivity index (χ0) is 13.8. The van der Waals surface area contributed by atoms with Gasteiger partial charge in [0.05, 0.1) is 11.6 Å². The van der Waals surface area contributed by atoms with E-state index in [1.807, 2.05) is 23.3 Å². The monoisotopic (exact) mass is 302 g/mol. The molecule has 1 saturated carbocycles. The molecule has 0 bridgehead atoms. The molecule has 19 heavy (non-hydrogen) atoms. The Morgan fingerprint density at radius 1 is 1.63 bits per heavy atom. The number of carboxylic acids is 1. The third-order valence-electron chi connectivity index (χ3n) is 3.62. The van der Waals surface area contributed by atoms with Gasteiger partial charge in [-0.15, -0.1) is 11.3 Å². The molecule has 106 valence electrons. The molecule has 1 aliphatic carbocycles. The lowest BCUT2D eigenvalue weighted by atomic mass is 9.85. The smallest absolute Gasteiger partial charge is 0.317 e. The van der Waals surface area contributed by atoms with Gasteiger partial charge in [0.2, 0.25) is 0 Å². The first-order valence-corrected chi connectivity index (χ1v) is 7.77. The predicted molar refractivity (Wildman–Crippen MR) is 77.9 cm³/mol. The first-order valence-electron chi connectivity index (χ1n) is 6.51. The van der Waals surface area contributed by atoms with E-state index in [9.17, 15) is 4.79 Å². The molecule has 6 heteroatoms. The fraction of sp³-hybridized carbons (Fsp3) is 0.615. The number of thiophene rings is 1. The van der Waals surface area contributed by atoms with Crippen LogP contribution < -0.4 is 5.32 Å². The molecule has 0 spiro atoms. The summed E-state index contributed by atoms with van der Waals surface area (Å²) in [5.41, 5.74) is 0. The number of carbonyl (C=O) groups is 1. The average Bonchev–Trinajstić information content (AvgIpc) is 2.71. The van der Waals surface area contributed by atoms with Gasteiger partial charge < -0.3 is 10.4 Å². The fourth-order valence-electron chi connectivity index (χ4n) is 2.41. The van der Waals surface area contributed by atoms with Crippen molar-refractivity contribution in [3.8, 4) is 0 Å². The molecule has 1 heterocycles. The quantitative estimate of drug-likeness (QED) is 0.812. The predicted octanol–water partition coefficient (Wildman–Crippen LogP) is 2.43. The normalized spacial score (nSPS) is 22.5. The van der Waals surface area contributed by atoms with Gasteiger partial charge >= 0.3 is 5.97 Å². The first-order chi connectivity index (χ1) is 9.10. The molecule has 0 saturated heterocycles. The lowest BCUT2D eigenvalue weighted by Gasteiger charge is -2.42. The number of nitrogens with zero attached hydrogens (tertiary/aromatic N) is 1. The van der Waals surface area contributed by atoms with E-state index in [-0.39, 0.29) is 6.54 Å². The van der Waals surface area contributed by atoms with Crippen molar-refractivity contribution in [3.05, 3.63) is 21.3 Å². The van der Waals surface area contributed by atoms with E-state index in [4.69, 9.17) is 16.7 Å². The number of aliphatic carboxylic acids is 1. The van der Waals surface area contributed by atoms with Crippen LogP contribution in [-0.4, -0.2) is 41.1 Å². The molecule has 2 rings (SSSR count). The second kappa shape index (κ2) is 6.70. The molecule has 2 N–H and O–H groups in total. The maximum Gasteiger partial charge on any atom is 0.317 e. The van der Waals surface area contributed by atoms with E-state index in [0.29, 0.717) is 12.1 Å². The van der Waals surface area contributed by atoms with Crippen LogP contribution in [0.15, 0.2) is 11.4 Å². The lowest BCUT2D eigenvalue weighted by molar-refractivity contribution is -0.139. The molecular formula is C13H19ClN2O2S. The van der Waals surface area contributed by atoms with E-state index in [0.717, 1.165) is 31.0 Å². The van der Waals surface area contributed by atoms with Crippen LogP contribution in [0, 0.1) is 0 Å². The van der Waals surface area contributed by atoms with Crippen molar-refractivity contribution in [1.29, 1.82) is 0 Å². The molecule has 0 unspecified atom stereocenters. The van der Waals surface area contributed by atoms with Crippen molar-refractivity contribution < 1.29 is 9.90 Å². The molecule has 0 aliphatic heterocycles. The summed E-state index contributed by atoms with van der Waals surface area (Å²) in [6.45, 7) is 3.75. The van der Waals surface area contributed by atoms with Gasteiger partial charge in [-0.3, -0.25) is 9.69 Å². The Morgan fingerprint density at radius 2 is 2.37 bits per heavy atom. The minimum atomic E-state index is -0.747. The van der Waals surface area contributed by atoms with Gasteiger partial charge in [0.15, 0.2) is 0 Å². The summed E-state index contributed by atoms with van der Waals surface area (Å²) in [4.78, 5) is 13.9. The standard InChI is InChI=1S/C13H19ClN2O2S/c1-2-16(8-13(17)18)10-5-9(6-10)15-7-12-11(14)3-4-19-12/h3-4,9-10,15H,2,5-8H2,1H3,(H,17,18). The molecule has 1 aliphatic rings. The second-order valence-electron chi connectivity index (χ2n) is 4.85. The number of rotatable bonds is 7. The minimum Gasteiger partial charge on any atom is -0.480 e. The van der Waals surface area contributed by atoms with Crippen LogP contribution in [0.3, 0.4) is 0 Å². The molecule has 1 aromatic heterocycles. The van der Waals surface area contributed by atoms with E-state index in [1.165, 1.54) is 4.88 Å². The second-order valence-corrected chi connectivity index (χ2v) is 6.26. The SMILES string of the molecule is CCN(CC(=O)O)C1CC(NCc2sccc2Cl)C1. The zero-order valence-corrected chi connectivity index (χ0v) is 12.5. The van der Waals surface area contributed by atoms with Crippen molar-refractivity contribution in [1.82, 2.24) is 10.2 Å². The summed E-state index contributed by atoms with van der Waals surface area (Å²) in [6, 6.07) is 2.79. The molecule has 0 amide bonds. The highest BCUT2D eigenvalue weighted by Gasteiger charge is 2.33. The summed E-state index contributed by atoms with van der Waals surface area (Å²) >= 11 is 7.70. The number of likely N-dealkylation sites (N-methyl/N-ethyl adjacent to an activating group) is 1. The van der Waals surface area contributed by atoms with Crippen LogP contribution >= 0.6 is 22.9 Å². The molecule has 0 radical (unpaired) electrons. The van der Waals surface area contributed by atoms with Gasteiger partial charge in [-0.1, -0.05) is 18.5 Å². The van der Waals surface area contributed by atoms with Crippen LogP contribution in [0.1, 0.15) is 24.6 Å². The molecule has 0 aromatic carbocycles. The summed E-state index contributed by atoms with van der Waals surface area (Å²) in [5.74, 6) is -0.747. The molecule has 1 fully saturated rings. The number of carboxylic acid groups (broad SMARTS) is 1. The summed E-state index contributed by atoms with van der Waals surface area (Å²) in [6.07, 6.45) is 2.04. The van der Waals surface area contributed by atoms with Crippen molar-refractivity contribution in [2.24, 2.45) is 0 Å². The van der Waals surface area contributed by atoms with E-state index in [1.54, 1.807) is 11.3 Å². The van der Waals surface area contributed by atoms with Crippen molar-refractivity contribution >= 4 is 28.9 Å². The van der Waals surface area contributed by atoms with E-state index >= 15 is 0 Å². The Bertz CT molecular complexity index is 432.